The summed E-state index contributed by atoms with van der Waals surface area (Å²) in [4.78, 5) is 20.1. The molecule has 2 aromatic rings. The van der Waals surface area contributed by atoms with Crippen LogP contribution in [0.2, 0.25) is 0 Å². The second kappa shape index (κ2) is 5.73. The zero-order valence-corrected chi connectivity index (χ0v) is 12.3. The van der Waals surface area contributed by atoms with E-state index in [1.165, 1.54) is 17.8 Å². The minimum Gasteiger partial charge on any atom is -0.478 e. The Morgan fingerprint density at radius 1 is 1.29 bits per heavy atom. The standard InChI is InChI=1S/C15H14N2O3S/c1-21-15-16-11-7-4-6-9(11)13(17-15)20-12-8-3-2-5-10(12)14(18)19/h2-3,5,8H,4,6-7H2,1H3,(H,18,19). The first-order valence-electron chi connectivity index (χ1n) is 6.63. The zero-order chi connectivity index (χ0) is 14.8. The second-order valence-corrected chi connectivity index (χ2v) is 5.47. The molecule has 0 saturated heterocycles. The van der Waals surface area contributed by atoms with Crippen molar-refractivity contribution in [2.24, 2.45) is 0 Å². The van der Waals surface area contributed by atoms with Crippen molar-refractivity contribution >= 4 is 17.7 Å². The molecule has 0 aliphatic heterocycles. The monoisotopic (exact) mass is 302 g/mol. The normalized spacial score (nSPS) is 13.0. The van der Waals surface area contributed by atoms with Crippen molar-refractivity contribution in [1.82, 2.24) is 9.97 Å². The minimum atomic E-state index is -1.01. The molecule has 0 bridgehead atoms. The fourth-order valence-corrected chi connectivity index (χ4v) is 2.76. The average molecular weight is 302 g/mol. The number of carboxylic acid groups (broad SMARTS) is 1. The van der Waals surface area contributed by atoms with E-state index in [9.17, 15) is 9.90 Å². The molecule has 0 saturated carbocycles. The Kier molecular flexibility index (Phi) is 3.79. The highest BCUT2D eigenvalue weighted by Crippen LogP contribution is 2.33. The van der Waals surface area contributed by atoms with Gasteiger partial charge in [0.05, 0.1) is 5.69 Å². The van der Waals surface area contributed by atoms with Gasteiger partial charge >= 0.3 is 5.97 Å². The largest absolute Gasteiger partial charge is 0.478 e. The second-order valence-electron chi connectivity index (χ2n) is 4.70. The van der Waals surface area contributed by atoms with Crippen molar-refractivity contribution in [2.45, 2.75) is 24.4 Å². The maximum atomic E-state index is 11.3. The molecule has 1 heterocycles. The summed E-state index contributed by atoms with van der Waals surface area (Å²) in [5.74, 6) is -0.221. The van der Waals surface area contributed by atoms with Gasteiger partial charge in [0.15, 0.2) is 5.16 Å². The third-order valence-electron chi connectivity index (χ3n) is 3.38. The van der Waals surface area contributed by atoms with E-state index >= 15 is 0 Å². The first-order chi connectivity index (χ1) is 10.2. The van der Waals surface area contributed by atoms with Crippen LogP contribution in [0.3, 0.4) is 0 Å². The molecule has 0 fully saturated rings. The van der Waals surface area contributed by atoms with E-state index in [4.69, 9.17) is 4.74 Å². The molecule has 108 valence electrons. The van der Waals surface area contributed by atoms with Crippen molar-refractivity contribution in [1.29, 1.82) is 0 Å². The Balaban J connectivity index is 2.03. The first-order valence-corrected chi connectivity index (χ1v) is 7.85. The van der Waals surface area contributed by atoms with Gasteiger partial charge in [-0.2, -0.15) is 4.98 Å². The molecule has 0 spiro atoms. The zero-order valence-electron chi connectivity index (χ0n) is 11.5. The quantitative estimate of drug-likeness (QED) is 0.691. The summed E-state index contributed by atoms with van der Waals surface area (Å²) in [6.45, 7) is 0. The number of rotatable bonds is 4. The van der Waals surface area contributed by atoms with Crippen molar-refractivity contribution in [2.75, 3.05) is 6.26 Å². The molecule has 1 aliphatic rings. The van der Waals surface area contributed by atoms with Crippen LogP contribution in [0.4, 0.5) is 0 Å². The fourth-order valence-electron chi connectivity index (χ4n) is 2.39. The number of fused-ring (bicyclic) bond motifs is 1. The summed E-state index contributed by atoms with van der Waals surface area (Å²) in [6, 6.07) is 6.59. The van der Waals surface area contributed by atoms with Gasteiger partial charge in [-0.05, 0) is 37.7 Å². The molecule has 1 aromatic carbocycles. The predicted molar refractivity (Wildman–Crippen MR) is 79.3 cm³/mol. The number of carbonyl (C=O) groups is 1. The van der Waals surface area contributed by atoms with Gasteiger partial charge < -0.3 is 9.84 Å². The Labute approximate surface area is 126 Å². The van der Waals surface area contributed by atoms with Crippen LogP contribution >= 0.6 is 11.8 Å². The number of nitrogens with zero attached hydrogens (tertiary/aromatic N) is 2. The van der Waals surface area contributed by atoms with Crippen LogP contribution in [-0.4, -0.2) is 27.3 Å². The minimum absolute atomic E-state index is 0.133. The smallest absolute Gasteiger partial charge is 0.339 e. The Morgan fingerprint density at radius 3 is 2.86 bits per heavy atom. The lowest BCUT2D eigenvalue weighted by atomic mass is 10.2. The van der Waals surface area contributed by atoms with Crippen LogP contribution in [0, 0.1) is 0 Å². The van der Waals surface area contributed by atoms with Crippen molar-refractivity contribution < 1.29 is 14.6 Å². The van der Waals surface area contributed by atoms with Gasteiger partial charge in [0.2, 0.25) is 5.88 Å². The molecule has 1 aliphatic carbocycles. The van der Waals surface area contributed by atoms with Crippen LogP contribution in [0.1, 0.15) is 28.0 Å². The van der Waals surface area contributed by atoms with Gasteiger partial charge in [0.25, 0.3) is 0 Å². The van der Waals surface area contributed by atoms with Gasteiger partial charge in [-0.25, -0.2) is 9.78 Å². The highest BCUT2D eigenvalue weighted by Gasteiger charge is 2.22. The lowest BCUT2D eigenvalue weighted by Crippen LogP contribution is -2.03. The van der Waals surface area contributed by atoms with Crippen LogP contribution in [0.15, 0.2) is 29.4 Å². The van der Waals surface area contributed by atoms with E-state index in [0.29, 0.717) is 16.8 Å². The number of thioether (sulfide) groups is 1. The molecule has 3 rings (SSSR count). The summed E-state index contributed by atoms with van der Waals surface area (Å²) < 4.78 is 5.81. The van der Waals surface area contributed by atoms with Crippen LogP contribution in [-0.2, 0) is 12.8 Å². The Bertz CT molecular complexity index is 703. The summed E-state index contributed by atoms with van der Waals surface area (Å²) in [5, 5.41) is 9.87. The topological polar surface area (TPSA) is 72.3 Å². The van der Waals surface area contributed by atoms with E-state index < -0.39 is 5.97 Å². The molecule has 1 N–H and O–H groups in total. The SMILES string of the molecule is CSc1nc2c(c(Oc3ccccc3C(=O)O)n1)CCC2. The molecule has 0 atom stereocenters. The van der Waals surface area contributed by atoms with E-state index in [0.717, 1.165) is 30.5 Å². The number of hydrogen-bond acceptors (Lipinski definition) is 5. The number of benzene rings is 1. The molecule has 6 heteroatoms. The van der Waals surface area contributed by atoms with Gasteiger partial charge in [0, 0.05) is 5.56 Å². The highest BCUT2D eigenvalue weighted by molar-refractivity contribution is 7.98. The van der Waals surface area contributed by atoms with Crippen molar-refractivity contribution in [3.05, 3.63) is 41.1 Å². The molecular formula is C15H14N2O3S. The van der Waals surface area contributed by atoms with E-state index in [1.807, 2.05) is 6.26 Å². The molecule has 0 radical (unpaired) electrons. The number of aryl methyl sites for hydroxylation is 1. The molecule has 0 amide bonds. The van der Waals surface area contributed by atoms with E-state index in [-0.39, 0.29) is 5.56 Å². The molecule has 0 unspecified atom stereocenters. The van der Waals surface area contributed by atoms with Crippen molar-refractivity contribution in [3.8, 4) is 11.6 Å². The van der Waals surface area contributed by atoms with Gasteiger partial charge in [0.1, 0.15) is 11.3 Å². The molecule has 1 aromatic heterocycles. The Morgan fingerprint density at radius 2 is 2.10 bits per heavy atom. The van der Waals surface area contributed by atoms with Crippen LogP contribution in [0.25, 0.3) is 0 Å². The maximum absolute atomic E-state index is 11.3. The molecule has 5 nitrogen and oxygen atoms in total. The van der Waals surface area contributed by atoms with E-state index in [2.05, 4.69) is 9.97 Å². The number of aromatic nitrogens is 2. The lowest BCUT2D eigenvalue weighted by molar-refractivity contribution is 0.0694. The number of hydrogen-bond donors (Lipinski definition) is 1. The number of aromatic carboxylic acids is 1. The van der Waals surface area contributed by atoms with Crippen LogP contribution in [0.5, 0.6) is 11.6 Å². The lowest BCUT2D eigenvalue weighted by Gasteiger charge is -2.12. The van der Waals surface area contributed by atoms with Gasteiger partial charge in [-0.3, -0.25) is 0 Å². The highest BCUT2D eigenvalue weighted by atomic mass is 32.2. The summed E-state index contributed by atoms with van der Waals surface area (Å²) in [6.07, 6.45) is 4.72. The maximum Gasteiger partial charge on any atom is 0.339 e. The molecule has 21 heavy (non-hydrogen) atoms. The predicted octanol–water partition coefficient (Wildman–Crippen LogP) is 3.18. The summed E-state index contributed by atoms with van der Waals surface area (Å²) >= 11 is 1.45. The Hall–Kier alpha value is -2.08. The first kappa shape index (κ1) is 13.9. The van der Waals surface area contributed by atoms with Crippen molar-refractivity contribution in [3.63, 3.8) is 0 Å². The summed E-state index contributed by atoms with van der Waals surface area (Å²) in [5.41, 5.74) is 2.14. The average Bonchev–Trinajstić information content (AvgIpc) is 2.96. The third-order valence-corrected chi connectivity index (χ3v) is 3.93. The van der Waals surface area contributed by atoms with Gasteiger partial charge in [-0.15, -0.1) is 0 Å². The number of ether oxygens (including phenoxy) is 1. The van der Waals surface area contributed by atoms with Gasteiger partial charge in [-0.1, -0.05) is 23.9 Å². The number of carboxylic acids is 1. The third kappa shape index (κ3) is 2.71. The van der Waals surface area contributed by atoms with Crippen LogP contribution < -0.4 is 4.74 Å². The molecular weight excluding hydrogens is 288 g/mol. The summed E-state index contributed by atoms with van der Waals surface area (Å²) in [7, 11) is 0. The fraction of sp³-hybridized carbons (Fsp3) is 0.267. The number of para-hydroxylation sites is 1. The van der Waals surface area contributed by atoms with E-state index in [1.54, 1.807) is 18.2 Å².